The Hall–Kier alpha value is -2.38. The summed E-state index contributed by atoms with van der Waals surface area (Å²) in [6.07, 6.45) is 7.25. The van der Waals surface area contributed by atoms with E-state index in [2.05, 4.69) is 10.1 Å². The smallest absolute Gasteiger partial charge is 0.332 e. The van der Waals surface area contributed by atoms with Gasteiger partial charge in [-0.2, -0.15) is 0 Å². The Balaban J connectivity index is 1.81. The normalized spacial score (nSPS) is 27.1. The van der Waals surface area contributed by atoms with Crippen molar-refractivity contribution in [2.75, 3.05) is 0 Å². The van der Waals surface area contributed by atoms with Crippen LogP contribution in [0.5, 0.6) is 0 Å². The van der Waals surface area contributed by atoms with Crippen LogP contribution in [0.3, 0.4) is 0 Å². The Morgan fingerprint density at radius 1 is 1.07 bits per heavy atom. The zero-order valence-electron chi connectivity index (χ0n) is 17.6. The molecule has 0 aromatic carbocycles. The molecule has 0 amide bonds. The fourth-order valence-corrected chi connectivity index (χ4v) is 5.46. The van der Waals surface area contributed by atoms with Crippen molar-refractivity contribution in [2.45, 2.75) is 90.6 Å². The van der Waals surface area contributed by atoms with Gasteiger partial charge in [0.05, 0.1) is 5.71 Å². The average Bonchev–Trinajstić information content (AvgIpc) is 3.21. The molecule has 2 bridgehead atoms. The number of aryl methyl sites for hydroxylation is 1. The first-order valence-corrected chi connectivity index (χ1v) is 10.8. The molecule has 5 rings (SSSR count). The highest BCUT2D eigenvalue weighted by molar-refractivity contribution is 5.88. The lowest BCUT2D eigenvalue weighted by Crippen LogP contribution is -2.47. The minimum Gasteiger partial charge on any atom is -0.411 e. The highest BCUT2D eigenvalue weighted by Crippen LogP contribution is 2.57. The molecule has 2 N–H and O–H groups in total. The first-order chi connectivity index (χ1) is 13.9. The summed E-state index contributed by atoms with van der Waals surface area (Å²) in [5, 5.41) is 12.8. The third-order valence-electron chi connectivity index (χ3n) is 7.42. The molecule has 3 aliphatic rings. The number of hydrogen-bond donors (Lipinski definition) is 2. The van der Waals surface area contributed by atoms with E-state index in [0.717, 1.165) is 62.9 Å². The summed E-state index contributed by atoms with van der Waals surface area (Å²) in [4.78, 5) is 34.1. The highest BCUT2D eigenvalue weighted by Gasteiger charge is 2.52. The summed E-state index contributed by atoms with van der Waals surface area (Å²) in [7, 11) is 0. The number of hydrogen-bond acceptors (Lipinski definition) is 5. The number of oxime groups is 1. The van der Waals surface area contributed by atoms with Gasteiger partial charge in [0, 0.05) is 23.9 Å². The van der Waals surface area contributed by atoms with Crippen LogP contribution >= 0.6 is 0 Å². The summed E-state index contributed by atoms with van der Waals surface area (Å²) < 4.78 is 3.01. The van der Waals surface area contributed by atoms with Crippen LogP contribution in [0.1, 0.15) is 78.0 Å². The number of nitrogens with zero attached hydrogens (tertiary/aromatic N) is 4. The fraction of sp³-hybridized carbons (Fsp3) is 0.714. The largest absolute Gasteiger partial charge is 0.411 e. The SMILES string of the molecule is CCCn1c(=O)c2nc(C34CCC(C(C)=NO)(CC3)CC4)[nH]c2n(CCC)c1=O. The van der Waals surface area contributed by atoms with Crippen molar-refractivity contribution in [1.29, 1.82) is 0 Å². The van der Waals surface area contributed by atoms with Gasteiger partial charge in [-0.3, -0.25) is 13.9 Å². The minimum absolute atomic E-state index is 0.000661. The van der Waals surface area contributed by atoms with Crippen molar-refractivity contribution in [3.63, 3.8) is 0 Å². The molecule has 2 aromatic heterocycles. The van der Waals surface area contributed by atoms with E-state index in [9.17, 15) is 14.8 Å². The highest BCUT2D eigenvalue weighted by atomic mass is 16.4. The van der Waals surface area contributed by atoms with Crippen molar-refractivity contribution in [2.24, 2.45) is 10.6 Å². The molecule has 3 saturated carbocycles. The van der Waals surface area contributed by atoms with Gasteiger partial charge in [0.2, 0.25) is 0 Å². The maximum Gasteiger partial charge on any atom is 0.332 e. The molecule has 8 nitrogen and oxygen atoms in total. The standard InChI is InChI=1S/C21H31N5O3/c1-4-12-25-16-15(17(27)26(13-5-2)19(25)28)22-18(23-16)21-9-6-20(7-10-21,8-11-21)14(3)24-29/h29H,4-13H2,1-3H3,(H,22,23). The first kappa shape index (κ1) is 19.9. The molecule has 8 heteroatoms. The van der Waals surface area contributed by atoms with Gasteiger partial charge in [-0.15, -0.1) is 0 Å². The van der Waals surface area contributed by atoms with E-state index in [0.29, 0.717) is 24.3 Å². The van der Waals surface area contributed by atoms with Crippen molar-refractivity contribution >= 4 is 16.9 Å². The number of nitrogens with one attached hydrogen (secondary N) is 1. The average molecular weight is 402 g/mol. The molecule has 0 spiro atoms. The van der Waals surface area contributed by atoms with Crippen LogP contribution in [0.2, 0.25) is 0 Å². The number of fused-ring (bicyclic) bond motifs is 4. The molecule has 2 heterocycles. The van der Waals surface area contributed by atoms with Crippen LogP contribution in [-0.4, -0.2) is 30.0 Å². The second kappa shape index (κ2) is 7.15. The molecule has 0 atom stereocenters. The van der Waals surface area contributed by atoms with Crippen LogP contribution < -0.4 is 11.2 Å². The zero-order valence-corrected chi connectivity index (χ0v) is 17.6. The molecule has 3 aliphatic carbocycles. The van der Waals surface area contributed by atoms with E-state index < -0.39 is 0 Å². The first-order valence-electron chi connectivity index (χ1n) is 10.8. The lowest BCUT2D eigenvalue weighted by atomic mass is 9.52. The van der Waals surface area contributed by atoms with Gasteiger partial charge in [0.15, 0.2) is 5.52 Å². The Morgan fingerprint density at radius 3 is 2.21 bits per heavy atom. The van der Waals surface area contributed by atoms with E-state index in [1.165, 1.54) is 4.57 Å². The van der Waals surface area contributed by atoms with Crippen LogP contribution in [0.25, 0.3) is 11.2 Å². The van der Waals surface area contributed by atoms with Crippen molar-refractivity contribution in [3.05, 3.63) is 26.7 Å². The molecule has 0 saturated heterocycles. The van der Waals surface area contributed by atoms with Gasteiger partial charge >= 0.3 is 5.69 Å². The molecule has 0 unspecified atom stereocenters. The van der Waals surface area contributed by atoms with Gasteiger partial charge in [-0.05, 0) is 58.3 Å². The molecule has 3 fully saturated rings. The van der Waals surface area contributed by atoms with Crippen LogP contribution in [0, 0.1) is 5.41 Å². The van der Waals surface area contributed by atoms with Crippen molar-refractivity contribution in [3.8, 4) is 0 Å². The van der Waals surface area contributed by atoms with Crippen LogP contribution in [0.4, 0.5) is 0 Å². The van der Waals surface area contributed by atoms with Gasteiger partial charge in [-0.1, -0.05) is 19.0 Å². The second-order valence-corrected chi connectivity index (χ2v) is 8.92. The molecule has 0 radical (unpaired) electrons. The van der Waals surface area contributed by atoms with E-state index in [4.69, 9.17) is 4.98 Å². The summed E-state index contributed by atoms with van der Waals surface area (Å²) in [5.41, 5.74) is 1.14. The molecule has 2 aromatic rings. The number of H-pyrrole nitrogens is 1. The minimum atomic E-state index is -0.290. The van der Waals surface area contributed by atoms with E-state index in [-0.39, 0.29) is 22.1 Å². The quantitative estimate of drug-likeness (QED) is 0.441. The van der Waals surface area contributed by atoms with Gasteiger partial charge in [0.1, 0.15) is 11.5 Å². The second-order valence-electron chi connectivity index (χ2n) is 8.92. The fourth-order valence-electron chi connectivity index (χ4n) is 5.46. The molecule has 0 aliphatic heterocycles. The van der Waals surface area contributed by atoms with Crippen molar-refractivity contribution in [1.82, 2.24) is 19.1 Å². The Bertz CT molecular complexity index is 1050. The third kappa shape index (κ3) is 2.87. The lowest BCUT2D eigenvalue weighted by molar-refractivity contribution is 0.0853. The summed E-state index contributed by atoms with van der Waals surface area (Å²) in [6, 6.07) is 0. The maximum atomic E-state index is 13.0. The van der Waals surface area contributed by atoms with Gasteiger partial charge in [0.25, 0.3) is 5.56 Å². The number of aromatic amines is 1. The van der Waals surface area contributed by atoms with E-state index >= 15 is 0 Å². The monoisotopic (exact) mass is 401 g/mol. The van der Waals surface area contributed by atoms with Crippen molar-refractivity contribution < 1.29 is 5.21 Å². The number of imidazole rings is 1. The zero-order chi connectivity index (χ0) is 20.8. The predicted octanol–water partition coefficient (Wildman–Crippen LogP) is 3.15. The Labute approximate surface area is 169 Å². The summed E-state index contributed by atoms with van der Waals surface area (Å²) >= 11 is 0. The number of rotatable bonds is 6. The molecule has 29 heavy (non-hydrogen) atoms. The maximum absolute atomic E-state index is 13.0. The van der Waals surface area contributed by atoms with Gasteiger partial charge < -0.3 is 10.2 Å². The molecular weight excluding hydrogens is 370 g/mol. The Kier molecular flexibility index (Phi) is 4.91. The summed E-state index contributed by atoms with van der Waals surface area (Å²) in [5.74, 6) is 0.843. The predicted molar refractivity (Wildman–Crippen MR) is 112 cm³/mol. The van der Waals surface area contributed by atoms with E-state index in [1.807, 2.05) is 20.8 Å². The van der Waals surface area contributed by atoms with Crippen LogP contribution in [0.15, 0.2) is 14.7 Å². The lowest BCUT2D eigenvalue weighted by Gasteiger charge is -2.52. The summed E-state index contributed by atoms with van der Waals surface area (Å²) in [6.45, 7) is 6.87. The van der Waals surface area contributed by atoms with Gasteiger partial charge in [-0.25, -0.2) is 9.78 Å². The molecule has 158 valence electrons. The van der Waals surface area contributed by atoms with Crippen LogP contribution in [-0.2, 0) is 18.5 Å². The molecular formula is C21H31N5O3. The number of aromatic nitrogens is 4. The van der Waals surface area contributed by atoms with E-state index in [1.54, 1.807) is 4.57 Å². The topological polar surface area (TPSA) is 105 Å². The Morgan fingerprint density at radius 2 is 1.66 bits per heavy atom. The third-order valence-corrected chi connectivity index (χ3v) is 7.42.